The van der Waals surface area contributed by atoms with Crippen LogP contribution in [-0.2, 0) is 6.54 Å². The predicted octanol–water partition coefficient (Wildman–Crippen LogP) is 0.589. The van der Waals surface area contributed by atoms with E-state index in [2.05, 4.69) is 15.6 Å². The number of nitrogens with one attached hydrogen (secondary N) is 1. The average molecular weight is 290 g/mol. The van der Waals surface area contributed by atoms with E-state index in [0.29, 0.717) is 19.5 Å². The summed E-state index contributed by atoms with van der Waals surface area (Å²) in [5.74, 6) is -0.521. The van der Waals surface area contributed by atoms with Gasteiger partial charge in [-0.25, -0.2) is 0 Å². The Morgan fingerprint density at radius 2 is 2.29 bits per heavy atom. The van der Waals surface area contributed by atoms with Crippen molar-refractivity contribution in [1.82, 2.24) is 20.3 Å². The van der Waals surface area contributed by atoms with Gasteiger partial charge in [-0.3, -0.25) is 19.6 Å². The smallest absolute Gasteiger partial charge is 0.304 e. The maximum Gasteiger partial charge on any atom is 0.304 e. The number of aromatic nitrogens is 3. The van der Waals surface area contributed by atoms with Crippen LogP contribution in [-0.4, -0.2) is 32.4 Å². The molecule has 0 saturated carbocycles. The molecule has 0 fully saturated rings. The second-order valence-electron chi connectivity index (χ2n) is 4.28. The molecule has 9 heteroatoms. The molecule has 0 bridgehead atoms. The van der Waals surface area contributed by atoms with Gasteiger partial charge in [0.15, 0.2) is 0 Å². The van der Waals surface area contributed by atoms with Crippen molar-refractivity contribution in [1.29, 1.82) is 0 Å². The van der Waals surface area contributed by atoms with Gasteiger partial charge >= 0.3 is 5.69 Å². The number of rotatable bonds is 6. The summed E-state index contributed by atoms with van der Waals surface area (Å²) in [4.78, 5) is 22.3. The van der Waals surface area contributed by atoms with Gasteiger partial charge in [0.05, 0.1) is 11.1 Å². The number of benzene rings is 1. The molecule has 1 heterocycles. The lowest BCUT2D eigenvalue weighted by Crippen LogP contribution is -2.26. The van der Waals surface area contributed by atoms with Gasteiger partial charge in [-0.15, -0.1) is 5.10 Å². The second kappa shape index (κ2) is 6.46. The van der Waals surface area contributed by atoms with Crippen LogP contribution in [0.3, 0.4) is 0 Å². The van der Waals surface area contributed by atoms with E-state index in [0.717, 1.165) is 0 Å². The number of nitro groups is 1. The summed E-state index contributed by atoms with van der Waals surface area (Å²) in [6.45, 7) is 0.962. The number of nitrogens with two attached hydrogens (primary N) is 1. The minimum Gasteiger partial charge on any atom is -0.393 e. The van der Waals surface area contributed by atoms with E-state index in [1.165, 1.54) is 18.2 Å². The molecule has 1 amide bonds. The Balaban J connectivity index is 1.94. The monoisotopic (exact) mass is 290 g/mol. The molecule has 1 aromatic carbocycles. The van der Waals surface area contributed by atoms with Crippen LogP contribution in [0.5, 0.6) is 0 Å². The highest BCUT2D eigenvalue weighted by atomic mass is 16.6. The number of nitrogens with zero attached hydrogens (tertiary/aromatic N) is 4. The van der Waals surface area contributed by atoms with Crippen LogP contribution >= 0.6 is 0 Å². The quantitative estimate of drug-likeness (QED) is 0.346. The molecule has 0 atom stereocenters. The van der Waals surface area contributed by atoms with E-state index in [4.69, 9.17) is 5.73 Å². The fourth-order valence-electron chi connectivity index (χ4n) is 1.84. The van der Waals surface area contributed by atoms with E-state index >= 15 is 0 Å². The molecule has 0 spiro atoms. The van der Waals surface area contributed by atoms with Crippen molar-refractivity contribution in [3.8, 4) is 0 Å². The summed E-state index contributed by atoms with van der Waals surface area (Å²) < 4.78 is 1.63. The van der Waals surface area contributed by atoms with Crippen LogP contribution in [0.25, 0.3) is 0 Å². The van der Waals surface area contributed by atoms with Crippen LogP contribution in [0.2, 0.25) is 0 Å². The molecule has 2 rings (SSSR count). The second-order valence-corrected chi connectivity index (χ2v) is 4.28. The number of amides is 1. The molecule has 110 valence electrons. The topological polar surface area (TPSA) is 129 Å². The summed E-state index contributed by atoms with van der Waals surface area (Å²) >= 11 is 0. The molecule has 2 aromatic rings. The Bertz CT molecular complexity index is 640. The lowest BCUT2D eigenvalue weighted by atomic mass is 10.1. The van der Waals surface area contributed by atoms with Crippen molar-refractivity contribution >= 4 is 17.3 Å². The van der Waals surface area contributed by atoms with Crippen molar-refractivity contribution in [3.63, 3.8) is 0 Å². The van der Waals surface area contributed by atoms with Crippen molar-refractivity contribution in [2.75, 3.05) is 12.3 Å². The number of para-hydroxylation sites is 1. The number of nitrogen functional groups attached to an aromatic ring is 1. The van der Waals surface area contributed by atoms with Crippen molar-refractivity contribution < 1.29 is 9.72 Å². The molecule has 0 unspecified atom stereocenters. The van der Waals surface area contributed by atoms with Gasteiger partial charge in [-0.05, 0) is 18.6 Å². The molecule has 0 aliphatic carbocycles. The van der Waals surface area contributed by atoms with E-state index in [1.54, 1.807) is 17.1 Å². The molecule has 21 heavy (non-hydrogen) atoms. The van der Waals surface area contributed by atoms with Gasteiger partial charge in [-0.1, -0.05) is 11.3 Å². The largest absolute Gasteiger partial charge is 0.393 e. The van der Waals surface area contributed by atoms with E-state index in [1.807, 2.05) is 0 Å². The van der Waals surface area contributed by atoms with Gasteiger partial charge in [0, 0.05) is 19.3 Å². The lowest BCUT2D eigenvalue weighted by molar-refractivity contribution is -0.384. The minimum absolute atomic E-state index is 0.0322. The summed E-state index contributed by atoms with van der Waals surface area (Å²) in [5.41, 5.74) is 5.10. The number of hydrogen-bond donors (Lipinski definition) is 2. The highest BCUT2D eigenvalue weighted by molar-refractivity contribution is 6.00. The van der Waals surface area contributed by atoms with E-state index in [-0.39, 0.29) is 16.9 Å². The van der Waals surface area contributed by atoms with Crippen LogP contribution in [0.1, 0.15) is 16.8 Å². The Morgan fingerprint density at radius 1 is 1.48 bits per heavy atom. The Kier molecular flexibility index (Phi) is 4.44. The Morgan fingerprint density at radius 3 is 2.95 bits per heavy atom. The number of carbonyl (C=O) groups excluding carboxylic acids is 1. The fraction of sp³-hybridized carbons (Fsp3) is 0.250. The van der Waals surface area contributed by atoms with Crippen LogP contribution in [0, 0.1) is 10.1 Å². The van der Waals surface area contributed by atoms with Gasteiger partial charge in [0.1, 0.15) is 11.3 Å². The van der Waals surface area contributed by atoms with Gasteiger partial charge in [0.25, 0.3) is 5.91 Å². The zero-order chi connectivity index (χ0) is 15.2. The first-order valence-electron chi connectivity index (χ1n) is 6.25. The zero-order valence-corrected chi connectivity index (χ0v) is 11.1. The third kappa shape index (κ3) is 3.53. The summed E-state index contributed by atoms with van der Waals surface area (Å²) in [7, 11) is 0. The van der Waals surface area contributed by atoms with E-state index < -0.39 is 10.8 Å². The molecule has 0 aliphatic rings. The Hall–Kier alpha value is -2.97. The average Bonchev–Trinajstić information content (AvgIpc) is 2.95. The first-order chi connectivity index (χ1) is 10.1. The maximum atomic E-state index is 12.0. The molecule has 0 saturated heterocycles. The van der Waals surface area contributed by atoms with Crippen LogP contribution in [0.4, 0.5) is 11.4 Å². The number of hydrogen-bond acceptors (Lipinski definition) is 6. The van der Waals surface area contributed by atoms with Crippen molar-refractivity contribution in [2.24, 2.45) is 0 Å². The Labute approximate surface area is 119 Å². The van der Waals surface area contributed by atoms with Gasteiger partial charge in [-0.2, -0.15) is 0 Å². The van der Waals surface area contributed by atoms with E-state index in [9.17, 15) is 14.9 Å². The molecular weight excluding hydrogens is 276 g/mol. The lowest BCUT2D eigenvalue weighted by Gasteiger charge is -2.07. The predicted molar refractivity (Wildman–Crippen MR) is 74.5 cm³/mol. The normalized spacial score (nSPS) is 10.3. The molecule has 9 nitrogen and oxygen atoms in total. The minimum atomic E-state index is -0.653. The molecule has 3 N–H and O–H groups in total. The molecule has 0 radical (unpaired) electrons. The summed E-state index contributed by atoms with van der Waals surface area (Å²) in [5, 5.41) is 21.0. The van der Waals surface area contributed by atoms with Gasteiger partial charge < -0.3 is 11.1 Å². The SMILES string of the molecule is Nc1cccc(C(=O)NCCCn2ccnn2)c1[N+](=O)[O-]. The number of carbonyl (C=O) groups is 1. The molecular formula is C12H14N6O3. The standard InChI is InChI=1S/C12H14N6O3/c13-10-4-1-3-9(11(10)18(20)21)12(19)14-5-2-7-17-8-6-15-16-17/h1,3-4,6,8H,2,5,7,13H2,(H,14,19). The molecule has 0 aliphatic heterocycles. The fourth-order valence-corrected chi connectivity index (χ4v) is 1.84. The first-order valence-corrected chi connectivity index (χ1v) is 6.25. The summed E-state index contributed by atoms with van der Waals surface area (Å²) in [6.07, 6.45) is 3.91. The van der Waals surface area contributed by atoms with Crippen LogP contribution in [0.15, 0.2) is 30.6 Å². The first kappa shape index (κ1) is 14.4. The third-order valence-electron chi connectivity index (χ3n) is 2.82. The van der Waals surface area contributed by atoms with Gasteiger partial charge in [0.2, 0.25) is 0 Å². The number of anilines is 1. The zero-order valence-electron chi connectivity index (χ0n) is 11.1. The highest BCUT2D eigenvalue weighted by Gasteiger charge is 2.22. The maximum absolute atomic E-state index is 12.0. The highest BCUT2D eigenvalue weighted by Crippen LogP contribution is 2.25. The number of aryl methyl sites for hydroxylation is 1. The summed E-state index contributed by atoms with van der Waals surface area (Å²) in [6, 6.07) is 4.27. The van der Waals surface area contributed by atoms with Crippen molar-refractivity contribution in [2.45, 2.75) is 13.0 Å². The molecule has 1 aromatic heterocycles. The number of nitro benzene ring substituents is 1. The third-order valence-corrected chi connectivity index (χ3v) is 2.82. The van der Waals surface area contributed by atoms with Crippen LogP contribution < -0.4 is 11.1 Å². The van der Waals surface area contributed by atoms with Crippen molar-refractivity contribution in [3.05, 3.63) is 46.3 Å².